The molecule has 3 rings (SSSR count). The molecule has 0 aromatic heterocycles. The number of carbonyl (C=O) groups is 3. The third-order valence-electron chi connectivity index (χ3n) is 4.36. The second kappa shape index (κ2) is 10.6. The fourth-order valence-electron chi connectivity index (χ4n) is 2.80. The van der Waals surface area contributed by atoms with Crippen molar-refractivity contribution in [2.75, 3.05) is 6.54 Å². The summed E-state index contributed by atoms with van der Waals surface area (Å²) in [6.45, 7) is -0.168. The van der Waals surface area contributed by atoms with E-state index in [2.05, 4.69) is 10.6 Å². The summed E-state index contributed by atoms with van der Waals surface area (Å²) in [5.41, 5.74) is 1.90. The van der Waals surface area contributed by atoms with E-state index in [4.69, 9.17) is 4.74 Å². The number of esters is 1. The smallest absolute Gasteiger partial charge is 0.325 e. The van der Waals surface area contributed by atoms with Gasteiger partial charge in [-0.15, -0.1) is 0 Å². The first-order valence-corrected chi connectivity index (χ1v) is 9.51. The zero-order valence-electron chi connectivity index (χ0n) is 16.3. The maximum absolute atomic E-state index is 12.8. The lowest BCUT2D eigenvalue weighted by molar-refractivity contribution is -0.145. The molecule has 30 heavy (non-hydrogen) atoms. The Hall–Kier alpha value is -3.93. The molecule has 152 valence electrons. The van der Waals surface area contributed by atoms with Crippen LogP contribution in [0.15, 0.2) is 91.0 Å². The Balaban J connectivity index is 1.60. The Bertz CT molecular complexity index is 976. The Morgan fingerprint density at radius 2 is 1.33 bits per heavy atom. The van der Waals surface area contributed by atoms with Gasteiger partial charge in [-0.05, 0) is 23.3 Å². The number of ether oxygens (including phenoxy) is 1. The lowest BCUT2D eigenvalue weighted by Gasteiger charge is -2.19. The van der Waals surface area contributed by atoms with E-state index in [1.54, 1.807) is 54.6 Å². The van der Waals surface area contributed by atoms with Crippen molar-refractivity contribution in [1.82, 2.24) is 10.6 Å². The third-order valence-corrected chi connectivity index (χ3v) is 4.36. The standard InChI is InChI=1S/C24H22N2O4/c27-21(30-17-18-10-4-1-5-11-18)16-25-24(29)22(19-12-6-2-7-13-19)26-23(28)20-14-8-3-9-15-20/h1-15,22H,16-17H2,(H,25,29)(H,26,28). The summed E-state index contributed by atoms with van der Waals surface area (Å²) < 4.78 is 5.17. The van der Waals surface area contributed by atoms with Gasteiger partial charge in [0.15, 0.2) is 0 Å². The molecule has 1 unspecified atom stereocenters. The largest absolute Gasteiger partial charge is 0.460 e. The van der Waals surface area contributed by atoms with Crippen LogP contribution in [0, 0.1) is 0 Å². The van der Waals surface area contributed by atoms with E-state index in [-0.39, 0.29) is 19.1 Å². The van der Waals surface area contributed by atoms with Crippen LogP contribution in [0.5, 0.6) is 0 Å². The number of carbonyl (C=O) groups excluding carboxylic acids is 3. The van der Waals surface area contributed by atoms with Crippen molar-refractivity contribution in [2.24, 2.45) is 0 Å². The highest BCUT2D eigenvalue weighted by Gasteiger charge is 2.23. The van der Waals surface area contributed by atoms with Crippen molar-refractivity contribution in [2.45, 2.75) is 12.6 Å². The van der Waals surface area contributed by atoms with Gasteiger partial charge in [-0.1, -0.05) is 78.9 Å². The maximum Gasteiger partial charge on any atom is 0.325 e. The highest BCUT2D eigenvalue weighted by Crippen LogP contribution is 2.14. The molecule has 1 atom stereocenters. The number of benzene rings is 3. The van der Waals surface area contributed by atoms with Crippen LogP contribution in [0.2, 0.25) is 0 Å². The van der Waals surface area contributed by atoms with Crippen LogP contribution < -0.4 is 10.6 Å². The van der Waals surface area contributed by atoms with E-state index in [0.29, 0.717) is 11.1 Å². The molecule has 0 aliphatic rings. The molecule has 0 saturated carbocycles. The number of hydrogen-bond donors (Lipinski definition) is 2. The SMILES string of the molecule is O=C(CNC(=O)C(NC(=O)c1ccccc1)c1ccccc1)OCc1ccccc1. The van der Waals surface area contributed by atoms with Crippen LogP contribution in [0.4, 0.5) is 0 Å². The fraction of sp³-hybridized carbons (Fsp3) is 0.125. The van der Waals surface area contributed by atoms with Crippen LogP contribution in [-0.4, -0.2) is 24.3 Å². The van der Waals surface area contributed by atoms with Gasteiger partial charge in [0.25, 0.3) is 5.91 Å². The minimum absolute atomic E-state index is 0.127. The normalized spacial score (nSPS) is 11.2. The topological polar surface area (TPSA) is 84.5 Å². The Morgan fingerprint density at radius 3 is 1.97 bits per heavy atom. The summed E-state index contributed by atoms with van der Waals surface area (Å²) >= 11 is 0. The molecular weight excluding hydrogens is 380 g/mol. The molecule has 0 heterocycles. The molecule has 2 N–H and O–H groups in total. The molecule has 3 aromatic rings. The lowest BCUT2D eigenvalue weighted by Crippen LogP contribution is -2.42. The summed E-state index contributed by atoms with van der Waals surface area (Å²) in [7, 11) is 0. The molecule has 0 bridgehead atoms. The highest BCUT2D eigenvalue weighted by atomic mass is 16.5. The van der Waals surface area contributed by atoms with E-state index in [9.17, 15) is 14.4 Å². The molecule has 6 nitrogen and oxygen atoms in total. The van der Waals surface area contributed by atoms with Crippen molar-refractivity contribution in [1.29, 1.82) is 0 Å². The van der Waals surface area contributed by atoms with Gasteiger partial charge in [0, 0.05) is 5.56 Å². The minimum Gasteiger partial charge on any atom is -0.460 e. The summed E-state index contributed by atoms with van der Waals surface area (Å²) in [5.74, 6) is -1.44. The Morgan fingerprint density at radius 1 is 0.767 bits per heavy atom. The van der Waals surface area contributed by atoms with Crippen molar-refractivity contribution in [3.63, 3.8) is 0 Å². The van der Waals surface area contributed by atoms with E-state index in [0.717, 1.165) is 5.56 Å². The van der Waals surface area contributed by atoms with E-state index in [1.165, 1.54) is 0 Å². The zero-order chi connectivity index (χ0) is 21.2. The van der Waals surface area contributed by atoms with Gasteiger partial charge in [-0.2, -0.15) is 0 Å². The minimum atomic E-state index is -0.944. The molecular formula is C24H22N2O4. The summed E-state index contributed by atoms with van der Waals surface area (Å²) in [6.07, 6.45) is 0. The number of hydrogen-bond acceptors (Lipinski definition) is 4. The zero-order valence-corrected chi connectivity index (χ0v) is 16.3. The van der Waals surface area contributed by atoms with Gasteiger partial charge < -0.3 is 15.4 Å². The van der Waals surface area contributed by atoms with Crippen LogP contribution in [0.3, 0.4) is 0 Å². The van der Waals surface area contributed by atoms with Gasteiger partial charge in [0.2, 0.25) is 5.91 Å². The molecule has 2 amide bonds. The average Bonchev–Trinajstić information content (AvgIpc) is 2.81. The van der Waals surface area contributed by atoms with Crippen LogP contribution in [0.1, 0.15) is 27.5 Å². The summed E-state index contributed by atoms with van der Waals surface area (Å²) in [4.78, 5) is 37.3. The van der Waals surface area contributed by atoms with E-state index >= 15 is 0 Å². The molecule has 3 aromatic carbocycles. The van der Waals surface area contributed by atoms with E-state index in [1.807, 2.05) is 36.4 Å². The quantitative estimate of drug-likeness (QED) is 0.568. The van der Waals surface area contributed by atoms with Crippen molar-refractivity contribution in [3.8, 4) is 0 Å². The maximum atomic E-state index is 12.8. The van der Waals surface area contributed by atoms with Crippen molar-refractivity contribution >= 4 is 17.8 Å². The average molecular weight is 402 g/mol. The molecule has 0 fully saturated rings. The number of rotatable bonds is 8. The molecule has 6 heteroatoms. The lowest BCUT2D eigenvalue weighted by atomic mass is 10.1. The fourth-order valence-corrected chi connectivity index (χ4v) is 2.80. The van der Waals surface area contributed by atoms with Gasteiger partial charge >= 0.3 is 5.97 Å². The molecule has 0 saturated heterocycles. The molecule has 0 radical (unpaired) electrons. The third kappa shape index (κ3) is 6.04. The van der Waals surface area contributed by atoms with Gasteiger partial charge in [0.05, 0.1) is 0 Å². The molecule has 0 aliphatic heterocycles. The highest BCUT2D eigenvalue weighted by molar-refractivity contribution is 5.98. The second-order valence-corrected chi connectivity index (χ2v) is 6.55. The summed E-state index contributed by atoms with van der Waals surface area (Å²) in [5, 5.41) is 5.27. The predicted molar refractivity (Wildman–Crippen MR) is 112 cm³/mol. The monoisotopic (exact) mass is 402 g/mol. The number of amides is 2. The Kier molecular flexibility index (Phi) is 7.33. The Labute approximate surface area is 174 Å². The van der Waals surface area contributed by atoms with Gasteiger partial charge in [-0.25, -0.2) is 0 Å². The van der Waals surface area contributed by atoms with Crippen LogP contribution in [0.25, 0.3) is 0 Å². The van der Waals surface area contributed by atoms with Crippen LogP contribution in [-0.2, 0) is 20.9 Å². The van der Waals surface area contributed by atoms with Crippen molar-refractivity contribution < 1.29 is 19.1 Å². The first-order chi connectivity index (χ1) is 14.6. The van der Waals surface area contributed by atoms with Gasteiger partial charge in [-0.3, -0.25) is 14.4 Å². The second-order valence-electron chi connectivity index (χ2n) is 6.55. The number of nitrogens with one attached hydrogen (secondary N) is 2. The first kappa shape index (κ1) is 20.8. The molecule has 0 aliphatic carbocycles. The summed E-state index contributed by atoms with van der Waals surface area (Å²) in [6, 6.07) is 25.8. The van der Waals surface area contributed by atoms with Crippen molar-refractivity contribution in [3.05, 3.63) is 108 Å². The molecule has 0 spiro atoms. The van der Waals surface area contributed by atoms with Crippen LogP contribution >= 0.6 is 0 Å². The van der Waals surface area contributed by atoms with Gasteiger partial charge in [0.1, 0.15) is 19.2 Å². The first-order valence-electron chi connectivity index (χ1n) is 9.51. The van der Waals surface area contributed by atoms with E-state index < -0.39 is 17.9 Å². The predicted octanol–water partition coefficient (Wildman–Crippen LogP) is 3.02.